The number of nitrogens with one attached hydrogen (secondary N) is 1. The Bertz CT molecular complexity index is 848. The number of nitrogens with two attached hydrogens (primary N) is 1. The summed E-state index contributed by atoms with van der Waals surface area (Å²) in [6.07, 6.45) is 1.05. The van der Waals surface area contributed by atoms with Gasteiger partial charge in [-0.3, -0.25) is 4.79 Å². The molecule has 0 aliphatic rings. The zero-order chi connectivity index (χ0) is 23.7. The third kappa shape index (κ3) is 7.88. The standard InChI is InChI=1S/C25H35N3O3S/c1-17(2)14-22(25(30)31)27-24(29)18(3)28(20-12-8-5-9-13-20)16-23(32)21(26)15-19-10-6-4-7-11-19/h4-13,17-18,21-23,32H,14-16,26H2,1-3H3,(H,27,29)(H,30,31)/t18-,21?,22-,23?/m0/s1. The van der Waals surface area contributed by atoms with Crippen molar-refractivity contribution in [2.75, 3.05) is 11.4 Å². The van der Waals surface area contributed by atoms with Crippen LogP contribution in [-0.4, -0.2) is 46.9 Å². The summed E-state index contributed by atoms with van der Waals surface area (Å²) in [5.41, 5.74) is 8.44. The number of anilines is 1. The summed E-state index contributed by atoms with van der Waals surface area (Å²) in [5.74, 6) is -1.21. The zero-order valence-corrected chi connectivity index (χ0v) is 19.9. The average molecular weight is 458 g/mol. The van der Waals surface area contributed by atoms with E-state index in [9.17, 15) is 14.7 Å². The van der Waals surface area contributed by atoms with Crippen molar-refractivity contribution in [2.45, 2.75) is 57.0 Å². The Morgan fingerprint density at radius 2 is 1.59 bits per heavy atom. The fraction of sp³-hybridized carbons (Fsp3) is 0.440. The number of para-hydroxylation sites is 1. The minimum atomic E-state index is -1.03. The van der Waals surface area contributed by atoms with E-state index in [2.05, 4.69) is 5.32 Å². The second kappa shape index (κ2) is 12.5. The first kappa shape index (κ1) is 25.7. The lowest BCUT2D eigenvalue weighted by atomic mass is 10.0. The van der Waals surface area contributed by atoms with E-state index in [0.717, 1.165) is 11.3 Å². The summed E-state index contributed by atoms with van der Waals surface area (Å²) in [5, 5.41) is 12.0. The highest BCUT2D eigenvalue weighted by atomic mass is 32.1. The van der Waals surface area contributed by atoms with Gasteiger partial charge in [-0.25, -0.2) is 4.79 Å². The largest absolute Gasteiger partial charge is 0.480 e. The van der Waals surface area contributed by atoms with Crippen LogP contribution in [0.2, 0.25) is 0 Å². The van der Waals surface area contributed by atoms with Crippen LogP contribution < -0.4 is 16.0 Å². The lowest BCUT2D eigenvalue weighted by Crippen LogP contribution is -2.53. The maximum absolute atomic E-state index is 13.0. The monoisotopic (exact) mass is 457 g/mol. The highest BCUT2D eigenvalue weighted by Gasteiger charge is 2.29. The highest BCUT2D eigenvalue weighted by molar-refractivity contribution is 7.81. The molecule has 2 aromatic rings. The molecule has 0 aliphatic heterocycles. The zero-order valence-electron chi connectivity index (χ0n) is 19.0. The molecule has 32 heavy (non-hydrogen) atoms. The molecule has 0 aromatic heterocycles. The second-order valence-electron chi connectivity index (χ2n) is 8.61. The minimum absolute atomic E-state index is 0.148. The molecular weight excluding hydrogens is 422 g/mol. The number of hydrogen-bond acceptors (Lipinski definition) is 5. The van der Waals surface area contributed by atoms with Gasteiger partial charge >= 0.3 is 5.97 Å². The van der Waals surface area contributed by atoms with Crippen molar-refractivity contribution in [1.82, 2.24) is 5.32 Å². The van der Waals surface area contributed by atoms with Gasteiger partial charge < -0.3 is 21.1 Å². The van der Waals surface area contributed by atoms with E-state index in [-0.39, 0.29) is 23.1 Å². The Morgan fingerprint density at radius 1 is 1.03 bits per heavy atom. The molecular formula is C25H35N3O3S. The molecule has 0 saturated carbocycles. The number of nitrogens with zero attached hydrogens (tertiary/aromatic N) is 1. The van der Waals surface area contributed by atoms with Crippen molar-refractivity contribution < 1.29 is 14.7 Å². The number of carboxylic acids is 1. The van der Waals surface area contributed by atoms with Gasteiger partial charge in [-0.1, -0.05) is 62.4 Å². The smallest absolute Gasteiger partial charge is 0.326 e. The average Bonchev–Trinajstić information content (AvgIpc) is 2.77. The molecule has 6 nitrogen and oxygen atoms in total. The molecule has 2 rings (SSSR count). The van der Waals surface area contributed by atoms with Crippen molar-refractivity contribution in [2.24, 2.45) is 11.7 Å². The van der Waals surface area contributed by atoms with E-state index in [1.165, 1.54) is 0 Å². The van der Waals surface area contributed by atoms with Gasteiger partial charge in [0.05, 0.1) is 0 Å². The highest BCUT2D eigenvalue weighted by Crippen LogP contribution is 2.20. The van der Waals surface area contributed by atoms with Crippen LogP contribution in [0.3, 0.4) is 0 Å². The maximum atomic E-state index is 13.0. The SMILES string of the molecule is CC(C)C[C@H](NC(=O)[C@H](C)N(CC(S)C(N)Cc1ccccc1)c1ccccc1)C(=O)O. The lowest BCUT2D eigenvalue weighted by Gasteiger charge is -2.34. The number of carboxylic acid groups (broad SMARTS) is 1. The lowest BCUT2D eigenvalue weighted by molar-refractivity contribution is -0.142. The van der Waals surface area contributed by atoms with Crippen LogP contribution in [0.25, 0.3) is 0 Å². The second-order valence-corrected chi connectivity index (χ2v) is 9.28. The molecule has 174 valence electrons. The molecule has 0 fully saturated rings. The Kier molecular flexibility index (Phi) is 10.1. The van der Waals surface area contributed by atoms with E-state index in [1.54, 1.807) is 6.92 Å². The van der Waals surface area contributed by atoms with Crippen LogP contribution in [0, 0.1) is 5.92 Å². The Labute approximate surface area is 196 Å². The molecule has 0 aliphatic carbocycles. The number of amides is 1. The van der Waals surface area contributed by atoms with E-state index in [4.69, 9.17) is 18.4 Å². The number of carbonyl (C=O) groups is 2. The third-order valence-corrected chi connectivity index (χ3v) is 5.99. The molecule has 4 N–H and O–H groups in total. The fourth-order valence-electron chi connectivity index (χ4n) is 3.59. The number of rotatable bonds is 12. The van der Waals surface area contributed by atoms with Gasteiger partial charge in [-0.2, -0.15) is 12.6 Å². The van der Waals surface area contributed by atoms with Crippen molar-refractivity contribution in [3.05, 3.63) is 66.2 Å². The number of thiol groups is 1. The molecule has 2 aromatic carbocycles. The van der Waals surface area contributed by atoms with Crippen LogP contribution >= 0.6 is 12.6 Å². The van der Waals surface area contributed by atoms with Crippen LogP contribution in [0.5, 0.6) is 0 Å². The number of hydrogen-bond donors (Lipinski definition) is 4. The summed E-state index contributed by atoms with van der Waals surface area (Å²) in [6, 6.07) is 17.8. The van der Waals surface area contributed by atoms with Gasteiger partial charge in [0, 0.05) is 23.5 Å². The molecule has 0 spiro atoms. The van der Waals surface area contributed by atoms with Crippen LogP contribution in [0.4, 0.5) is 5.69 Å². The van der Waals surface area contributed by atoms with Gasteiger partial charge in [0.2, 0.25) is 5.91 Å². The topological polar surface area (TPSA) is 95.7 Å². The fourth-order valence-corrected chi connectivity index (χ4v) is 3.87. The molecule has 1 amide bonds. The third-order valence-electron chi connectivity index (χ3n) is 5.45. The summed E-state index contributed by atoms with van der Waals surface area (Å²) in [4.78, 5) is 26.6. The van der Waals surface area contributed by atoms with Gasteiger partial charge in [0.15, 0.2) is 0 Å². The number of aliphatic carboxylic acids is 1. The quantitative estimate of drug-likeness (QED) is 0.367. The molecule has 7 heteroatoms. The Morgan fingerprint density at radius 3 is 2.12 bits per heavy atom. The number of carbonyl (C=O) groups excluding carboxylic acids is 1. The van der Waals surface area contributed by atoms with Gasteiger partial charge in [-0.15, -0.1) is 0 Å². The first-order valence-electron chi connectivity index (χ1n) is 11.0. The van der Waals surface area contributed by atoms with Crippen molar-refractivity contribution in [1.29, 1.82) is 0 Å². The molecule has 0 radical (unpaired) electrons. The summed E-state index contributed by atoms with van der Waals surface area (Å²) < 4.78 is 0. The van der Waals surface area contributed by atoms with Gasteiger partial charge in [-0.05, 0) is 43.4 Å². The molecule has 4 atom stereocenters. The van der Waals surface area contributed by atoms with Gasteiger partial charge in [0.1, 0.15) is 12.1 Å². The first-order valence-corrected chi connectivity index (χ1v) is 11.5. The predicted octanol–water partition coefficient (Wildman–Crippen LogP) is 3.37. The van der Waals surface area contributed by atoms with Gasteiger partial charge in [0.25, 0.3) is 0 Å². The van der Waals surface area contributed by atoms with E-state index < -0.39 is 18.1 Å². The van der Waals surface area contributed by atoms with E-state index >= 15 is 0 Å². The Hall–Kier alpha value is -2.51. The molecule has 2 unspecified atom stereocenters. The summed E-state index contributed by atoms with van der Waals surface area (Å²) in [7, 11) is 0. The van der Waals surface area contributed by atoms with Crippen LogP contribution in [0.15, 0.2) is 60.7 Å². The predicted molar refractivity (Wildman–Crippen MR) is 133 cm³/mol. The minimum Gasteiger partial charge on any atom is -0.480 e. The van der Waals surface area contributed by atoms with Crippen molar-refractivity contribution in [3.8, 4) is 0 Å². The van der Waals surface area contributed by atoms with Crippen molar-refractivity contribution in [3.63, 3.8) is 0 Å². The van der Waals surface area contributed by atoms with Crippen LogP contribution in [-0.2, 0) is 16.0 Å². The van der Waals surface area contributed by atoms with E-state index in [0.29, 0.717) is 19.4 Å². The van der Waals surface area contributed by atoms with E-state index in [1.807, 2.05) is 79.4 Å². The number of benzene rings is 2. The first-order chi connectivity index (χ1) is 15.2. The molecule has 0 saturated heterocycles. The molecule has 0 bridgehead atoms. The van der Waals surface area contributed by atoms with Crippen LogP contribution in [0.1, 0.15) is 32.8 Å². The molecule has 0 heterocycles. The normalized spacial score (nSPS) is 14.9. The maximum Gasteiger partial charge on any atom is 0.326 e. The van der Waals surface area contributed by atoms with Crippen molar-refractivity contribution >= 4 is 30.2 Å². The summed E-state index contributed by atoms with van der Waals surface area (Å²) in [6.45, 7) is 6.08. The summed E-state index contributed by atoms with van der Waals surface area (Å²) >= 11 is 4.76. The Balaban J connectivity index is 2.15.